The highest BCUT2D eigenvalue weighted by Gasteiger charge is 2.49. The number of carbonyl (C=O) groups is 3. The highest BCUT2D eigenvalue weighted by molar-refractivity contribution is 6.10. The van der Waals surface area contributed by atoms with Crippen LogP contribution in [-0.2, 0) is 27.1 Å². The number of likely N-dealkylation sites (N-methyl/N-ethyl adjacent to an activating group) is 1. The molecule has 2 saturated heterocycles. The monoisotopic (exact) mass is 623 g/mol. The number of carbonyl (C=O) groups excluding carboxylic acids is 3. The molecule has 3 aliphatic heterocycles. The van der Waals surface area contributed by atoms with Crippen LogP contribution in [-0.4, -0.2) is 63.9 Å². The van der Waals surface area contributed by atoms with E-state index in [1.807, 2.05) is 24.0 Å². The molecule has 1 aromatic carbocycles. The molecule has 3 aromatic rings. The first-order valence-corrected chi connectivity index (χ1v) is 14.6. The molecular formula is C31H32F3N7O4. The normalized spacial score (nSPS) is 22.0. The van der Waals surface area contributed by atoms with Crippen molar-refractivity contribution in [1.82, 2.24) is 20.0 Å². The van der Waals surface area contributed by atoms with E-state index in [4.69, 9.17) is 4.52 Å². The third-order valence-corrected chi connectivity index (χ3v) is 8.69. The lowest BCUT2D eigenvalue weighted by Gasteiger charge is -2.39. The third-order valence-electron chi connectivity index (χ3n) is 8.69. The summed E-state index contributed by atoms with van der Waals surface area (Å²) in [6.07, 6.45) is -2.01. The number of fused-ring (bicyclic) bond motifs is 2. The molecule has 0 unspecified atom stereocenters. The Morgan fingerprint density at radius 2 is 1.96 bits per heavy atom. The zero-order chi connectivity index (χ0) is 32.2. The number of pyridine rings is 1. The van der Waals surface area contributed by atoms with Crippen molar-refractivity contribution >= 4 is 34.9 Å². The number of amides is 3. The van der Waals surface area contributed by atoms with E-state index in [9.17, 15) is 27.6 Å². The predicted molar refractivity (Wildman–Crippen MR) is 157 cm³/mol. The fourth-order valence-electron chi connectivity index (χ4n) is 6.69. The molecule has 236 valence electrons. The van der Waals surface area contributed by atoms with Crippen molar-refractivity contribution in [2.24, 2.45) is 5.92 Å². The first kappa shape index (κ1) is 30.3. The summed E-state index contributed by atoms with van der Waals surface area (Å²) < 4.78 is 46.7. The number of para-hydroxylation sites is 1. The Balaban J connectivity index is 1.37. The Morgan fingerprint density at radius 1 is 1.18 bits per heavy atom. The van der Waals surface area contributed by atoms with Gasteiger partial charge in [-0.3, -0.25) is 19.3 Å². The maximum absolute atomic E-state index is 14.1. The predicted octanol–water partition coefficient (Wildman–Crippen LogP) is 4.35. The van der Waals surface area contributed by atoms with E-state index >= 15 is 0 Å². The van der Waals surface area contributed by atoms with Crippen LogP contribution in [0.5, 0.6) is 0 Å². The van der Waals surface area contributed by atoms with Gasteiger partial charge in [-0.1, -0.05) is 23.9 Å². The van der Waals surface area contributed by atoms with Crippen LogP contribution in [0.2, 0.25) is 0 Å². The zero-order valence-corrected chi connectivity index (χ0v) is 25.0. The Morgan fingerprint density at radius 3 is 2.69 bits per heavy atom. The second-order valence-electron chi connectivity index (χ2n) is 11.7. The van der Waals surface area contributed by atoms with Crippen molar-refractivity contribution in [3.05, 3.63) is 71.5 Å². The molecule has 0 spiro atoms. The van der Waals surface area contributed by atoms with E-state index in [2.05, 4.69) is 21.7 Å². The second-order valence-corrected chi connectivity index (χ2v) is 11.7. The number of anilines is 3. The number of aromatic nitrogens is 3. The van der Waals surface area contributed by atoms with Gasteiger partial charge in [0.25, 0.3) is 0 Å². The van der Waals surface area contributed by atoms with E-state index in [0.717, 1.165) is 34.7 Å². The van der Waals surface area contributed by atoms with Crippen LogP contribution < -0.4 is 14.7 Å². The third kappa shape index (κ3) is 5.42. The van der Waals surface area contributed by atoms with E-state index < -0.39 is 35.5 Å². The maximum Gasteiger partial charge on any atom is 0.416 e. The summed E-state index contributed by atoms with van der Waals surface area (Å²) >= 11 is 0. The minimum Gasteiger partial charge on any atom is -0.362 e. The van der Waals surface area contributed by atoms with E-state index in [-0.39, 0.29) is 43.0 Å². The Labute approximate surface area is 257 Å². The molecule has 3 atom stereocenters. The van der Waals surface area contributed by atoms with Crippen LogP contribution in [0.3, 0.4) is 0 Å². The van der Waals surface area contributed by atoms with Crippen molar-refractivity contribution in [2.45, 2.75) is 57.9 Å². The van der Waals surface area contributed by atoms with Gasteiger partial charge in [0, 0.05) is 38.2 Å². The van der Waals surface area contributed by atoms with E-state index in [0.29, 0.717) is 30.4 Å². The SMILES string of the molecule is C=CC(=O)N1CCC[C@@H]1c1nc(CN2C[C@H]3CC(=O)N(c4cc(C(F)(F)F)cc(C)n4)[C@@H]3C(=O)N(C)c3cccc(C)c32)no1. The Bertz CT molecular complexity index is 1690. The number of rotatable bonds is 5. The van der Waals surface area contributed by atoms with Gasteiger partial charge in [-0.25, -0.2) is 4.98 Å². The molecule has 45 heavy (non-hydrogen) atoms. The van der Waals surface area contributed by atoms with Gasteiger partial charge in [-0.2, -0.15) is 18.2 Å². The fraction of sp³-hybridized carbons (Fsp3) is 0.419. The molecule has 0 aliphatic carbocycles. The highest BCUT2D eigenvalue weighted by atomic mass is 19.4. The van der Waals surface area contributed by atoms with Gasteiger partial charge in [0.05, 0.1) is 23.5 Å². The number of benzene rings is 1. The summed E-state index contributed by atoms with van der Waals surface area (Å²) in [5.74, 6) is -1.27. The topological polar surface area (TPSA) is 116 Å². The average molecular weight is 624 g/mol. The molecule has 11 nitrogen and oxygen atoms in total. The van der Waals surface area contributed by atoms with Crippen LogP contribution in [0, 0.1) is 19.8 Å². The maximum atomic E-state index is 14.1. The molecule has 3 amide bonds. The largest absolute Gasteiger partial charge is 0.416 e. The van der Waals surface area contributed by atoms with Crippen molar-refractivity contribution in [2.75, 3.05) is 34.8 Å². The number of hydrogen-bond donors (Lipinski definition) is 0. The fourth-order valence-corrected chi connectivity index (χ4v) is 6.69. The summed E-state index contributed by atoms with van der Waals surface area (Å²) in [6.45, 7) is 7.82. The molecule has 6 rings (SSSR count). The highest BCUT2D eigenvalue weighted by Crippen LogP contribution is 2.42. The van der Waals surface area contributed by atoms with Crippen LogP contribution >= 0.6 is 0 Å². The molecule has 5 heterocycles. The molecular weight excluding hydrogens is 591 g/mol. The van der Waals surface area contributed by atoms with Crippen molar-refractivity contribution in [3.8, 4) is 0 Å². The van der Waals surface area contributed by atoms with Gasteiger partial charge in [-0.05, 0) is 56.5 Å². The number of aryl methyl sites for hydroxylation is 2. The number of hydrogen-bond acceptors (Lipinski definition) is 8. The van der Waals surface area contributed by atoms with Crippen molar-refractivity contribution in [3.63, 3.8) is 0 Å². The Hall–Kier alpha value is -4.75. The molecule has 0 N–H and O–H groups in total. The average Bonchev–Trinajstić information content (AvgIpc) is 3.73. The summed E-state index contributed by atoms with van der Waals surface area (Å²) in [6, 6.07) is 5.76. The molecule has 14 heteroatoms. The molecule has 3 aliphatic rings. The minimum atomic E-state index is -4.66. The lowest BCUT2D eigenvalue weighted by Crippen LogP contribution is -2.52. The quantitative estimate of drug-likeness (QED) is 0.386. The Kier molecular flexibility index (Phi) is 7.61. The molecule has 0 saturated carbocycles. The van der Waals surface area contributed by atoms with Gasteiger partial charge >= 0.3 is 6.18 Å². The van der Waals surface area contributed by atoms with Gasteiger partial charge in [0.15, 0.2) is 5.82 Å². The standard InChI is InChI=1S/C31H32F3N7O4/c1-5-25(42)40-11-7-10-22(40)29-36-23(37-45-29)16-39-15-19-13-26(43)41(24-14-20(31(32,33)34)12-18(3)35-24)28(19)30(44)38(4)21-9-6-8-17(2)27(21)39/h5-6,8-9,12,14,19,22,28H,1,7,10-11,13,15-16H2,2-4H3/t19-,22-,28+/m1/s1. The van der Waals surface area contributed by atoms with Gasteiger partial charge in [0.1, 0.15) is 17.9 Å². The first-order valence-electron chi connectivity index (χ1n) is 14.6. The second kappa shape index (κ2) is 11.3. The number of halogens is 3. The van der Waals surface area contributed by atoms with Crippen molar-refractivity contribution in [1.29, 1.82) is 0 Å². The molecule has 2 aromatic heterocycles. The molecule has 0 bridgehead atoms. The lowest BCUT2D eigenvalue weighted by atomic mass is 9.95. The number of alkyl halides is 3. The summed E-state index contributed by atoms with van der Waals surface area (Å²) in [5, 5.41) is 4.20. The summed E-state index contributed by atoms with van der Waals surface area (Å²) in [5.41, 5.74) is 1.30. The van der Waals surface area contributed by atoms with Gasteiger partial charge < -0.3 is 19.2 Å². The summed E-state index contributed by atoms with van der Waals surface area (Å²) in [4.78, 5) is 55.0. The first-order chi connectivity index (χ1) is 21.4. The van der Waals surface area contributed by atoms with Crippen molar-refractivity contribution < 1.29 is 32.1 Å². The van der Waals surface area contributed by atoms with Crippen LogP contribution in [0.15, 0.2) is 47.5 Å². The van der Waals surface area contributed by atoms with Gasteiger partial charge in [-0.15, -0.1) is 0 Å². The molecule has 0 radical (unpaired) electrons. The van der Waals surface area contributed by atoms with E-state index in [1.54, 1.807) is 18.0 Å². The van der Waals surface area contributed by atoms with E-state index in [1.165, 1.54) is 17.9 Å². The number of nitrogens with zero attached hydrogens (tertiary/aromatic N) is 7. The minimum absolute atomic E-state index is 0.0723. The van der Waals surface area contributed by atoms with Gasteiger partial charge in [0.2, 0.25) is 23.6 Å². The molecule has 2 fully saturated rings. The zero-order valence-electron chi connectivity index (χ0n) is 25.0. The number of likely N-dealkylation sites (tertiary alicyclic amines) is 1. The van der Waals surface area contributed by atoms with Crippen LogP contribution in [0.1, 0.15) is 53.8 Å². The van der Waals surface area contributed by atoms with Crippen LogP contribution in [0.25, 0.3) is 0 Å². The lowest BCUT2D eigenvalue weighted by molar-refractivity contribution is -0.137. The van der Waals surface area contributed by atoms with Crippen LogP contribution in [0.4, 0.5) is 30.4 Å². The smallest absolute Gasteiger partial charge is 0.362 e. The summed E-state index contributed by atoms with van der Waals surface area (Å²) in [7, 11) is 1.59.